The lowest BCUT2D eigenvalue weighted by Crippen LogP contribution is -1.97. The van der Waals surface area contributed by atoms with Crippen molar-refractivity contribution in [2.75, 3.05) is 0 Å². The third-order valence-corrected chi connectivity index (χ3v) is 1.96. The second-order valence-corrected chi connectivity index (χ2v) is 2.83. The first-order valence-corrected chi connectivity index (χ1v) is 4.35. The molecule has 2 aromatic rings. The van der Waals surface area contributed by atoms with E-state index in [1.54, 1.807) is 10.9 Å². The van der Waals surface area contributed by atoms with Crippen molar-refractivity contribution >= 4 is 0 Å². The van der Waals surface area contributed by atoms with Gasteiger partial charge in [-0.25, -0.2) is 9.67 Å². The van der Waals surface area contributed by atoms with Gasteiger partial charge in [0, 0.05) is 18.6 Å². The molecule has 0 saturated carbocycles. The summed E-state index contributed by atoms with van der Waals surface area (Å²) in [5.74, 6) is 0.863. The average Bonchev–Trinajstić information content (AvgIpc) is 2.71. The number of hydrogen-bond donors (Lipinski definition) is 0. The predicted octanol–water partition coefficient (Wildman–Crippen LogP) is 1.83. The molecule has 13 heavy (non-hydrogen) atoms. The van der Waals surface area contributed by atoms with Gasteiger partial charge in [-0.1, -0.05) is 13.0 Å². The molecule has 0 aliphatic heterocycles. The highest BCUT2D eigenvalue weighted by Crippen LogP contribution is 2.04. The summed E-state index contributed by atoms with van der Waals surface area (Å²) in [7, 11) is 0. The molecular weight excluding hydrogens is 162 g/mol. The van der Waals surface area contributed by atoms with Gasteiger partial charge in [0.25, 0.3) is 0 Å². The van der Waals surface area contributed by atoms with Crippen LogP contribution in [0, 0.1) is 0 Å². The zero-order valence-corrected chi connectivity index (χ0v) is 7.51. The van der Waals surface area contributed by atoms with E-state index in [4.69, 9.17) is 0 Å². The molecule has 0 radical (unpaired) electrons. The summed E-state index contributed by atoms with van der Waals surface area (Å²) < 4.78 is 1.75. The highest BCUT2D eigenvalue weighted by Gasteiger charge is 1.96. The molecule has 0 fully saturated rings. The minimum absolute atomic E-state index is 0.863. The highest BCUT2D eigenvalue weighted by molar-refractivity contribution is 5.24. The maximum absolute atomic E-state index is 4.29. The van der Waals surface area contributed by atoms with Gasteiger partial charge in [-0.2, -0.15) is 5.10 Å². The molecule has 0 aliphatic rings. The number of rotatable bonds is 2. The molecule has 0 spiro atoms. The van der Waals surface area contributed by atoms with Gasteiger partial charge in [-0.15, -0.1) is 0 Å². The smallest absolute Gasteiger partial charge is 0.153 e. The summed E-state index contributed by atoms with van der Waals surface area (Å²) in [6, 6.07) is 5.94. The average molecular weight is 173 g/mol. The van der Waals surface area contributed by atoms with E-state index >= 15 is 0 Å². The van der Waals surface area contributed by atoms with E-state index in [2.05, 4.69) is 23.1 Å². The van der Waals surface area contributed by atoms with Gasteiger partial charge in [-0.05, 0) is 24.1 Å². The normalized spacial score (nSPS) is 10.2. The van der Waals surface area contributed by atoms with Crippen LogP contribution in [0.15, 0.2) is 36.8 Å². The minimum Gasteiger partial charge on any atom is -0.237 e. The molecule has 0 N–H and O–H groups in total. The van der Waals surface area contributed by atoms with Crippen molar-refractivity contribution in [2.45, 2.75) is 13.3 Å². The molecule has 2 aromatic heterocycles. The van der Waals surface area contributed by atoms with E-state index in [0.717, 1.165) is 12.2 Å². The zero-order chi connectivity index (χ0) is 9.10. The van der Waals surface area contributed by atoms with Gasteiger partial charge in [-0.3, -0.25) is 0 Å². The highest BCUT2D eigenvalue weighted by atomic mass is 15.3. The molecule has 66 valence electrons. The second kappa shape index (κ2) is 3.39. The van der Waals surface area contributed by atoms with E-state index in [1.165, 1.54) is 5.56 Å². The largest absolute Gasteiger partial charge is 0.237 e. The van der Waals surface area contributed by atoms with E-state index in [1.807, 2.05) is 24.5 Å². The molecule has 0 saturated heterocycles. The Morgan fingerprint density at radius 2 is 2.31 bits per heavy atom. The Hall–Kier alpha value is -1.64. The molecule has 0 amide bonds. The maximum atomic E-state index is 4.29. The van der Waals surface area contributed by atoms with Crippen molar-refractivity contribution in [3.05, 3.63) is 42.4 Å². The van der Waals surface area contributed by atoms with E-state index in [0.29, 0.717) is 0 Å². The second-order valence-electron chi connectivity index (χ2n) is 2.83. The first kappa shape index (κ1) is 7.98. The lowest BCUT2D eigenvalue weighted by atomic mass is 10.2. The van der Waals surface area contributed by atoms with Crippen LogP contribution in [0.5, 0.6) is 0 Å². The fourth-order valence-corrected chi connectivity index (χ4v) is 1.17. The molecule has 3 nitrogen and oxygen atoms in total. The Bertz CT molecular complexity index is 362. The van der Waals surface area contributed by atoms with Crippen molar-refractivity contribution in [1.82, 2.24) is 14.8 Å². The molecule has 0 atom stereocenters. The fraction of sp³-hybridized carbons (Fsp3) is 0.200. The number of hydrogen-bond acceptors (Lipinski definition) is 2. The summed E-state index contributed by atoms with van der Waals surface area (Å²) in [6.07, 6.45) is 6.53. The van der Waals surface area contributed by atoms with Gasteiger partial charge >= 0.3 is 0 Å². The van der Waals surface area contributed by atoms with Crippen molar-refractivity contribution in [3.63, 3.8) is 0 Å². The summed E-state index contributed by atoms with van der Waals surface area (Å²) in [4.78, 5) is 4.29. The van der Waals surface area contributed by atoms with Gasteiger partial charge in [0.15, 0.2) is 5.82 Å². The SMILES string of the molecule is CCc1ccc(-n2cccn2)nc1. The molecule has 3 heteroatoms. The fourth-order valence-electron chi connectivity index (χ4n) is 1.17. The van der Waals surface area contributed by atoms with Crippen molar-refractivity contribution in [1.29, 1.82) is 0 Å². The topological polar surface area (TPSA) is 30.7 Å². The molecular formula is C10H11N3. The van der Waals surface area contributed by atoms with Crippen LogP contribution in [0.25, 0.3) is 5.82 Å². The van der Waals surface area contributed by atoms with Crippen LogP contribution in [0.3, 0.4) is 0 Å². The molecule has 0 unspecified atom stereocenters. The molecule has 0 aliphatic carbocycles. The van der Waals surface area contributed by atoms with Crippen LogP contribution >= 0.6 is 0 Å². The summed E-state index contributed by atoms with van der Waals surface area (Å²) in [5.41, 5.74) is 1.25. The first-order chi connectivity index (χ1) is 6.40. The summed E-state index contributed by atoms with van der Waals surface area (Å²) in [5, 5.41) is 4.10. The van der Waals surface area contributed by atoms with Crippen molar-refractivity contribution < 1.29 is 0 Å². The van der Waals surface area contributed by atoms with Crippen LogP contribution in [0.4, 0.5) is 0 Å². The number of pyridine rings is 1. The van der Waals surface area contributed by atoms with Gasteiger partial charge in [0.05, 0.1) is 0 Å². The monoisotopic (exact) mass is 173 g/mol. The third-order valence-electron chi connectivity index (χ3n) is 1.96. The van der Waals surface area contributed by atoms with Crippen molar-refractivity contribution in [3.8, 4) is 5.82 Å². The van der Waals surface area contributed by atoms with Crippen LogP contribution < -0.4 is 0 Å². The third kappa shape index (κ3) is 1.59. The first-order valence-electron chi connectivity index (χ1n) is 4.35. The molecule has 2 rings (SSSR count). The minimum atomic E-state index is 0.863. The van der Waals surface area contributed by atoms with Crippen LogP contribution in [0.1, 0.15) is 12.5 Å². The Kier molecular flexibility index (Phi) is 2.08. The predicted molar refractivity (Wildman–Crippen MR) is 50.7 cm³/mol. The summed E-state index contributed by atoms with van der Waals surface area (Å²) >= 11 is 0. The molecule has 0 bridgehead atoms. The Balaban J connectivity index is 2.33. The van der Waals surface area contributed by atoms with Crippen LogP contribution in [0.2, 0.25) is 0 Å². The Labute approximate surface area is 77.0 Å². The van der Waals surface area contributed by atoms with Gasteiger partial charge < -0.3 is 0 Å². The van der Waals surface area contributed by atoms with E-state index in [9.17, 15) is 0 Å². The lowest BCUT2D eigenvalue weighted by molar-refractivity contribution is 0.843. The maximum Gasteiger partial charge on any atom is 0.153 e. The molecule has 0 aromatic carbocycles. The number of aryl methyl sites for hydroxylation is 1. The standard InChI is InChI=1S/C10H11N3/c1-2-9-4-5-10(11-8-9)13-7-3-6-12-13/h3-8H,2H2,1H3. The van der Waals surface area contributed by atoms with E-state index in [-0.39, 0.29) is 0 Å². The summed E-state index contributed by atoms with van der Waals surface area (Å²) in [6.45, 7) is 2.12. The van der Waals surface area contributed by atoms with E-state index < -0.39 is 0 Å². The van der Waals surface area contributed by atoms with Crippen LogP contribution in [-0.4, -0.2) is 14.8 Å². The number of aromatic nitrogens is 3. The van der Waals surface area contributed by atoms with Crippen molar-refractivity contribution in [2.24, 2.45) is 0 Å². The Morgan fingerprint density at radius 3 is 2.85 bits per heavy atom. The van der Waals surface area contributed by atoms with Gasteiger partial charge in [0.2, 0.25) is 0 Å². The lowest BCUT2D eigenvalue weighted by Gasteiger charge is -2.00. The Morgan fingerprint density at radius 1 is 1.38 bits per heavy atom. The molecule has 2 heterocycles. The van der Waals surface area contributed by atoms with Gasteiger partial charge in [0.1, 0.15) is 0 Å². The van der Waals surface area contributed by atoms with Crippen LogP contribution in [-0.2, 0) is 6.42 Å². The zero-order valence-electron chi connectivity index (χ0n) is 7.51. The quantitative estimate of drug-likeness (QED) is 0.693. The number of nitrogens with zero attached hydrogens (tertiary/aromatic N) is 3.